The van der Waals surface area contributed by atoms with Crippen LogP contribution in [0.25, 0.3) is 0 Å². The smallest absolute Gasteiger partial charge is 0.211 e. The second-order valence-corrected chi connectivity index (χ2v) is 5.80. The van der Waals surface area contributed by atoms with Crippen LogP contribution in [0.4, 0.5) is 0 Å². The Labute approximate surface area is 121 Å². The van der Waals surface area contributed by atoms with E-state index in [1.807, 2.05) is 0 Å². The van der Waals surface area contributed by atoms with Gasteiger partial charge in [-0.25, -0.2) is 0 Å². The zero-order valence-corrected chi connectivity index (χ0v) is 12.3. The minimum absolute atomic E-state index is 0.0889. The number of ketones is 2. The van der Waals surface area contributed by atoms with Gasteiger partial charge in [0.1, 0.15) is 5.70 Å². The number of carbonyl (C=O) groups is 2. The van der Waals surface area contributed by atoms with Gasteiger partial charge in [-0.15, -0.1) is 23.4 Å². The van der Waals surface area contributed by atoms with Gasteiger partial charge in [-0.1, -0.05) is 24.3 Å². The van der Waals surface area contributed by atoms with Crippen LogP contribution in [0.5, 0.6) is 0 Å². The van der Waals surface area contributed by atoms with Gasteiger partial charge in [-0.3, -0.25) is 9.59 Å². The number of carbonyl (C=O) groups excluding carboxylic acids is 2. The van der Waals surface area contributed by atoms with E-state index in [-0.39, 0.29) is 11.6 Å². The Morgan fingerprint density at radius 1 is 1.11 bits per heavy atom. The van der Waals surface area contributed by atoms with Crippen molar-refractivity contribution < 1.29 is 9.59 Å². The first kappa shape index (κ1) is 14.2. The molecule has 1 aromatic rings. The fraction of sp³-hybridized carbons (Fsp3) is 0.286. The average Bonchev–Trinajstić information content (AvgIpc) is 2.40. The van der Waals surface area contributed by atoms with E-state index >= 15 is 0 Å². The maximum Gasteiger partial charge on any atom is 0.211 e. The molecule has 0 radical (unpaired) electrons. The Bertz CT molecular complexity index is 566. The highest BCUT2D eigenvalue weighted by Gasteiger charge is 2.33. The lowest BCUT2D eigenvalue weighted by Gasteiger charge is -2.25. The van der Waals surface area contributed by atoms with Gasteiger partial charge in [0.2, 0.25) is 11.6 Å². The molecule has 0 unspecified atom stereocenters. The quantitative estimate of drug-likeness (QED) is 0.801. The Morgan fingerprint density at radius 2 is 1.68 bits per heavy atom. The molecule has 0 saturated heterocycles. The van der Waals surface area contributed by atoms with Crippen molar-refractivity contribution in [2.24, 2.45) is 0 Å². The van der Waals surface area contributed by atoms with E-state index in [1.54, 1.807) is 43.3 Å². The molecular formula is C14H14ClNO2S. The molecule has 1 aromatic carbocycles. The Hall–Kier alpha value is -1.26. The number of Topliss-reactive ketones (excluding diaryl/α,β-unsaturated/α-hetero) is 2. The Kier molecular flexibility index (Phi) is 4.32. The van der Waals surface area contributed by atoms with Crippen molar-refractivity contribution >= 4 is 34.9 Å². The highest BCUT2D eigenvalue weighted by atomic mass is 35.5. The topological polar surface area (TPSA) is 37.4 Å². The normalized spacial score (nSPS) is 14.7. The van der Waals surface area contributed by atoms with Gasteiger partial charge >= 0.3 is 0 Å². The number of fused-ring (bicyclic) bond motifs is 1. The zero-order valence-electron chi connectivity index (χ0n) is 10.8. The first-order chi connectivity index (χ1) is 9.07. The van der Waals surface area contributed by atoms with E-state index in [0.29, 0.717) is 33.4 Å². The molecule has 19 heavy (non-hydrogen) atoms. The van der Waals surface area contributed by atoms with Gasteiger partial charge in [0.05, 0.1) is 4.91 Å². The molecule has 5 heteroatoms. The number of hydrogen-bond acceptors (Lipinski definition) is 4. The number of likely N-dealkylation sites (N-methyl/N-ethyl adjacent to an activating group) is 1. The zero-order chi connectivity index (χ0) is 14.0. The van der Waals surface area contributed by atoms with Gasteiger partial charge in [-0.2, -0.15) is 0 Å². The molecule has 0 N–H and O–H groups in total. The summed E-state index contributed by atoms with van der Waals surface area (Å²) in [7, 11) is 3.55. The number of halogens is 1. The highest BCUT2D eigenvalue weighted by Crippen LogP contribution is 2.33. The number of nitrogens with zero attached hydrogens (tertiary/aromatic N) is 1. The van der Waals surface area contributed by atoms with Crippen LogP contribution in [0.1, 0.15) is 20.7 Å². The molecule has 1 aliphatic rings. The SMILES string of the molecule is CN(C)C1=C(SCCCl)C(=O)c2ccccc2C1=O. The third-order valence-electron chi connectivity index (χ3n) is 2.82. The predicted octanol–water partition coefficient (Wildman–Crippen LogP) is 2.81. The van der Waals surface area contributed by atoms with Gasteiger partial charge in [0.15, 0.2) is 0 Å². The fourth-order valence-corrected chi connectivity index (χ4v) is 3.19. The number of hydrogen-bond donors (Lipinski definition) is 0. The standard InChI is InChI=1S/C14H14ClNO2S/c1-16(2)11-12(17)9-5-3-4-6-10(9)13(18)14(11)19-8-7-15/h3-6H,7-8H2,1-2H3. The molecule has 0 aromatic heterocycles. The fourth-order valence-electron chi connectivity index (χ4n) is 2.02. The summed E-state index contributed by atoms with van der Waals surface area (Å²) in [5, 5.41) is 0. The van der Waals surface area contributed by atoms with E-state index in [4.69, 9.17) is 11.6 Å². The lowest BCUT2D eigenvalue weighted by Crippen LogP contribution is -2.29. The van der Waals surface area contributed by atoms with Gasteiger partial charge in [0.25, 0.3) is 0 Å². The van der Waals surface area contributed by atoms with Crippen LogP contribution in [0.3, 0.4) is 0 Å². The molecule has 0 atom stereocenters. The van der Waals surface area contributed by atoms with Crippen molar-refractivity contribution in [3.63, 3.8) is 0 Å². The number of alkyl halides is 1. The van der Waals surface area contributed by atoms with Crippen molar-refractivity contribution in [3.8, 4) is 0 Å². The van der Waals surface area contributed by atoms with E-state index in [2.05, 4.69) is 0 Å². The van der Waals surface area contributed by atoms with Gasteiger partial charge in [-0.05, 0) is 0 Å². The summed E-state index contributed by atoms with van der Waals surface area (Å²) in [4.78, 5) is 27.2. The molecule has 2 rings (SSSR count). The van der Waals surface area contributed by atoms with E-state index in [9.17, 15) is 9.59 Å². The van der Waals surface area contributed by atoms with Gasteiger partial charge in [0, 0.05) is 36.9 Å². The number of benzene rings is 1. The summed E-state index contributed by atoms with van der Waals surface area (Å²) in [6.07, 6.45) is 0. The molecule has 0 fully saturated rings. The monoisotopic (exact) mass is 295 g/mol. The number of rotatable bonds is 4. The van der Waals surface area contributed by atoms with Crippen LogP contribution < -0.4 is 0 Å². The van der Waals surface area contributed by atoms with Crippen LogP contribution in [0.2, 0.25) is 0 Å². The van der Waals surface area contributed by atoms with Gasteiger partial charge < -0.3 is 4.90 Å². The lowest BCUT2D eigenvalue weighted by molar-refractivity contribution is 0.0959. The largest absolute Gasteiger partial charge is 0.373 e. The number of thioether (sulfide) groups is 1. The molecule has 0 spiro atoms. The van der Waals surface area contributed by atoms with Crippen LogP contribution in [0, 0.1) is 0 Å². The average molecular weight is 296 g/mol. The Balaban J connectivity index is 2.55. The van der Waals surface area contributed by atoms with E-state index in [1.165, 1.54) is 11.8 Å². The highest BCUT2D eigenvalue weighted by molar-refractivity contribution is 8.04. The Morgan fingerprint density at radius 3 is 2.21 bits per heavy atom. The first-order valence-electron chi connectivity index (χ1n) is 5.86. The molecule has 0 saturated carbocycles. The maximum absolute atomic E-state index is 12.5. The van der Waals surface area contributed by atoms with Crippen molar-refractivity contribution in [1.29, 1.82) is 0 Å². The molecule has 0 aliphatic heterocycles. The summed E-state index contributed by atoms with van der Waals surface area (Å²) >= 11 is 7.02. The molecule has 0 amide bonds. The van der Waals surface area contributed by atoms with Crippen molar-refractivity contribution in [3.05, 3.63) is 46.0 Å². The van der Waals surface area contributed by atoms with E-state index < -0.39 is 0 Å². The van der Waals surface area contributed by atoms with Crippen LogP contribution in [0.15, 0.2) is 34.9 Å². The van der Waals surface area contributed by atoms with Crippen LogP contribution in [-0.2, 0) is 0 Å². The molecule has 3 nitrogen and oxygen atoms in total. The second-order valence-electron chi connectivity index (χ2n) is 4.31. The summed E-state index contributed by atoms with van der Waals surface area (Å²) < 4.78 is 0. The molecular weight excluding hydrogens is 282 g/mol. The van der Waals surface area contributed by atoms with Crippen LogP contribution in [-0.4, -0.2) is 42.2 Å². The van der Waals surface area contributed by atoms with Crippen LogP contribution >= 0.6 is 23.4 Å². The summed E-state index contributed by atoms with van der Waals surface area (Å²) in [6.45, 7) is 0. The van der Waals surface area contributed by atoms with Crippen molar-refractivity contribution in [2.45, 2.75) is 0 Å². The molecule has 1 aliphatic carbocycles. The van der Waals surface area contributed by atoms with E-state index in [0.717, 1.165) is 0 Å². The molecule has 0 heterocycles. The first-order valence-corrected chi connectivity index (χ1v) is 7.38. The molecule has 0 bridgehead atoms. The van der Waals surface area contributed by atoms with Crippen molar-refractivity contribution in [2.75, 3.05) is 25.7 Å². The van der Waals surface area contributed by atoms with Crippen molar-refractivity contribution in [1.82, 2.24) is 4.90 Å². The lowest BCUT2D eigenvalue weighted by atomic mass is 9.92. The maximum atomic E-state index is 12.5. The minimum Gasteiger partial charge on any atom is -0.373 e. The summed E-state index contributed by atoms with van der Waals surface area (Å²) in [6, 6.07) is 6.94. The summed E-state index contributed by atoms with van der Waals surface area (Å²) in [5.41, 5.74) is 1.42. The molecule has 100 valence electrons. The third-order valence-corrected chi connectivity index (χ3v) is 4.31. The minimum atomic E-state index is -0.0997. The third kappa shape index (κ3) is 2.55. The number of allylic oxidation sites excluding steroid dienone is 2. The predicted molar refractivity (Wildman–Crippen MR) is 79.0 cm³/mol. The summed E-state index contributed by atoms with van der Waals surface area (Å²) in [5.74, 6) is 0.860. The second kappa shape index (κ2) is 5.80.